The SMILES string of the molecule is O=C1CC[C@@H]2CCCN(C(=O)O)[C@H]12. The van der Waals surface area contributed by atoms with Crippen LogP contribution in [0.5, 0.6) is 0 Å². The van der Waals surface area contributed by atoms with E-state index in [-0.39, 0.29) is 11.8 Å². The number of ketones is 1. The predicted molar refractivity (Wildman–Crippen MR) is 45.5 cm³/mol. The highest BCUT2D eigenvalue weighted by atomic mass is 16.4. The summed E-state index contributed by atoms with van der Waals surface area (Å²) in [5.41, 5.74) is 0. The van der Waals surface area contributed by atoms with Crippen LogP contribution in [0.1, 0.15) is 25.7 Å². The highest BCUT2D eigenvalue weighted by molar-refractivity contribution is 5.89. The first-order valence-electron chi connectivity index (χ1n) is 4.72. The van der Waals surface area contributed by atoms with Gasteiger partial charge in [0.1, 0.15) is 0 Å². The van der Waals surface area contributed by atoms with Crippen molar-refractivity contribution in [3.63, 3.8) is 0 Å². The molecule has 1 N–H and O–H groups in total. The number of nitrogens with zero attached hydrogens (tertiary/aromatic N) is 1. The molecule has 0 radical (unpaired) electrons. The smallest absolute Gasteiger partial charge is 0.407 e. The van der Waals surface area contributed by atoms with Crippen molar-refractivity contribution in [2.24, 2.45) is 5.92 Å². The lowest BCUT2D eigenvalue weighted by atomic mass is 9.92. The van der Waals surface area contributed by atoms with Crippen LogP contribution in [0.15, 0.2) is 0 Å². The largest absolute Gasteiger partial charge is 0.465 e. The number of rotatable bonds is 0. The van der Waals surface area contributed by atoms with Crippen LogP contribution in [0.25, 0.3) is 0 Å². The first-order valence-corrected chi connectivity index (χ1v) is 4.72. The fourth-order valence-corrected chi connectivity index (χ4v) is 2.50. The quantitative estimate of drug-likeness (QED) is 0.612. The van der Waals surface area contributed by atoms with Crippen LogP contribution < -0.4 is 0 Å². The van der Waals surface area contributed by atoms with Crippen molar-refractivity contribution in [3.05, 3.63) is 0 Å². The zero-order valence-electron chi connectivity index (χ0n) is 7.40. The van der Waals surface area contributed by atoms with E-state index in [9.17, 15) is 9.59 Å². The lowest BCUT2D eigenvalue weighted by Gasteiger charge is -2.34. The van der Waals surface area contributed by atoms with Gasteiger partial charge >= 0.3 is 6.09 Å². The summed E-state index contributed by atoms with van der Waals surface area (Å²) in [5.74, 6) is 0.421. The molecule has 1 saturated heterocycles. The summed E-state index contributed by atoms with van der Waals surface area (Å²) in [6.45, 7) is 0.530. The van der Waals surface area contributed by atoms with E-state index in [0.717, 1.165) is 19.3 Å². The number of Topliss-reactive ketones (excluding diaryl/α,β-unsaturated/α-hetero) is 1. The van der Waals surface area contributed by atoms with Crippen molar-refractivity contribution >= 4 is 11.9 Å². The van der Waals surface area contributed by atoms with Gasteiger partial charge in [-0.15, -0.1) is 0 Å². The molecule has 1 aliphatic carbocycles. The Morgan fingerprint density at radius 2 is 2.23 bits per heavy atom. The molecule has 0 unspecified atom stereocenters. The van der Waals surface area contributed by atoms with Gasteiger partial charge in [-0.25, -0.2) is 4.79 Å². The van der Waals surface area contributed by atoms with Crippen molar-refractivity contribution < 1.29 is 14.7 Å². The molecule has 1 heterocycles. The topological polar surface area (TPSA) is 57.6 Å². The van der Waals surface area contributed by atoms with E-state index in [2.05, 4.69) is 0 Å². The molecule has 1 aliphatic heterocycles. The van der Waals surface area contributed by atoms with Crippen LogP contribution in [0.4, 0.5) is 4.79 Å². The zero-order chi connectivity index (χ0) is 9.42. The highest BCUT2D eigenvalue weighted by Crippen LogP contribution is 2.34. The van der Waals surface area contributed by atoms with Gasteiger partial charge in [-0.2, -0.15) is 0 Å². The first kappa shape index (κ1) is 8.53. The Bertz CT molecular complexity index is 251. The molecular formula is C9H13NO3. The molecule has 72 valence electrons. The standard InChI is InChI=1S/C9H13NO3/c11-7-4-3-6-2-1-5-10(8(6)7)9(12)13/h6,8H,1-5H2,(H,12,13)/t6-,8-/m0/s1. The van der Waals surface area contributed by atoms with Gasteiger partial charge < -0.3 is 5.11 Å². The highest BCUT2D eigenvalue weighted by Gasteiger charge is 2.42. The van der Waals surface area contributed by atoms with Gasteiger partial charge in [0, 0.05) is 13.0 Å². The number of hydrogen-bond donors (Lipinski definition) is 1. The van der Waals surface area contributed by atoms with E-state index in [1.807, 2.05) is 0 Å². The van der Waals surface area contributed by atoms with Gasteiger partial charge in [-0.3, -0.25) is 9.69 Å². The van der Waals surface area contributed by atoms with Crippen molar-refractivity contribution in [1.82, 2.24) is 4.90 Å². The summed E-state index contributed by atoms with van der Waals surface area (Å²) in [4.78, 5) is 23.6. The predicted octanol–water partition coefficient (Wildman–Crippen LogP) is 1.11. The third-order valence-electron chi connectivity index (χ3n) is 3.09. The van der Waals surface area contributed by atoms with E-state index in [0.29, 0.717) is 18.9 Å². The van der Waals surface area contributed by atoms with Gasteiger partial charge in [0.15, 0.2) is 5.78 Å². The average molecular weight is 183 g/mol. The lowest BCUT2D eigenvalue weighted by molar-refractivity contribution is -0.122. The number of carboxylic acid groups (broad SMARTS) is 1. The minimum atomic E-state index is -0.940. The number of amides is 1. The summed E-state index contributed by atoms with van der Waals surface area (Å²) in [5, 5.41) is 8.88. The molecule has 2 aliphatic rings. The van der Waals surface area contributed by atoms with Gasteiger partial charge in [-0.1, -0.05) is 0 Å². The normalized spacial score (nSPS) is 33.2. The molecule has 1 saturated carbocycles. The minimum Gasteiger partial charge on any atom is -0.465 e. The first-order chi connectivity index (χ1) is 6.20. The Balaban J connectivity index is 2.19. The Kier molecular flexibility index (Phi) is 1.98. The molecule has 0 aromatic heterocycles. The number of fused-ring (bicyclic) bond motifs is 1. The summed E-state index contributed by atoms with van der Waals surface area (Å²) in [6, 6.07) is -0.314. The monoisotopic (exact) mass is 183 g/mol. The van der Waals surface area contributed by atoms with E-state index >= 15 is 0 Å². The lowest BCUT2D eigenvalue weighted by Crippen LogP contribution is -2.48. The van der Waals surface area contributed by atoms with Gasteiger partial charge in [0.25, 0.3) is 0 Å². The van der Waals surface area contributed by atoms with Crippen LogP contribution in [0.3, 0.4) is 0 Å². The van der Waals surface area contributed by atoms with Crippen LogP contribution in [-0.2, 0) is 4.79 Å². The molecule has 13 heavy (non-hydrogen) atoms. The van der Waals surface area contributed by atoms with Gasteiger partial charge in [-0.05, 0) is 25.2 Å². The Labute approximate surface area is 76.5 Å². The van der Waals surface area contributed by atoms with E-state index < -0.39 is 6.09 Å². The summed E-state index contributed by atoms with van der Waals surface area (Å²) < 4.78 is 0. The number of carbonyl (C=O) groups is 2. The second kappa shape index (κ2) is 3.01. The molecule has 2 atom stereocenters. The fourth-order valence-electron chi connectivity index (χ4n) is 2.50. The van der Waals surface area contributed by atoms with Crippen LogP contribution in [-0.4, -0.2) is 34.5 Å². The number of carbonyl (C=O) groups excluding carboxylic acids is 1. The molecule has 1 amide bonds. The molecule has 0 aromatic rings. The summed E-state index contributed by atoms with van der Waals surface area (Å²) >= 11 is 0. The maximum atomic E-state index is 11.4. The minimum absolute atomic E-state index is 0.118. The van der Waals surface area contributed by atoms with E-state index in [4.69, 9.17) is 5.11 Å². The van der Waals surface area contributed by atoms with Crippen LogP contribution in [0, 0.1) is 5.92 Å². The van der Waals surface area contributed by atoms with Crippen molar-refractivity contribution in [2.45, 2.75) is 31.7 Å². The van der Waals surface area contributed by atoms with Crippen LogP contribution >= 0.6 is 0 Å². The molecule has 0 bridgehead atoms. The summed E-state index contributed by atoms with van der Waals surface area (Å²) in [6.07, 6.45) is 2.43. The van der Waals surface area contributed by atoms with E-state index in [1.54, 1.807) is 0 Å². The number of piperidine rings is 1. The molecule has 0 aromatic carbocycles. The van der Waals surface area contributed by atoms with Crippen molar-refractivity contribution in [2.75, 3.05) is 6.54 Å². The molecule has 0 spiro atoms. The maximum absolute atomic E-state index is 11.4. The second-order valence-electron chi connectivity index (χ2n) is 3.83. The molecule has 2 rings (SSSR count). The Hall–Kier alpha value is -1.06. The third kappa shape index (κ3) is 1.30. The second-order valence-corrected chi connectivity index (χ2v) is 3.83. The van der Waals surface area contributed by atoms with Gasteiger partial charge in [0.05, 0.1) is 6.04 Å². The fraction of sp³-hybridized carbons (Fsp3) is 0.778. The molecule has 2 fully saturated rings. The van der Waals surface area contributed by atoms with Crippen molar-refractivity contribution in [1.29, 1.82) is 0 Å². The van der Waals surface area contributed by atoms with E-state index in [1.165, 1.54) is 4.90 Å². The third-order valence-corrected chi connectivity index (χ3v) is 3.09. The Morgan fingerprint density at radius 3 is 2.92 bits per heavy atom. The van der Waals surface area contributed by atoms with Gasteiger partial charge in [0.2, 0.25) is 0 Å². The Morgan fingerprint density at radius 1 is 1.46 bits per heavy atom. The molecule has 4 nitrogen and oxygen atoms in total. The molecular weight excluding hydrogens is 170 g/mol. The number of likely N-dealkylation sites (tertiary alicyclic amines) is 1. The number of hydrogen-bond acceptors (Lipinski definition) is 2. The molecule has 4 heteroatoms. The zero-order valence-corrected chi connectivity index (χ0v) is 7.40. The average Bonchev–Trinajstić information content (AvgIpc) is 2.48. The maximum Gasteiger partial charge on any atom is 0.407 e. The summed E-state index contributed by atoms with van der Waals surface area (Å²) in [7, 11) is 0. The van der Waals surface area contributed by atoms with Crippen molar-refractivity contribution in [3.8, 4) is 0 Å². The van der Waals surface area contributed by atoms with Crippen LogP contribution in [0.2, 0.25) is 0 Å².